The lowest BCUT2D eigenvalue weighted by molar-refractivity contribution is -0.134. The lowest BCUT2D eigenvalue weighted by atomic mass is 10.2. The minimum atomic E-state index is -0.188. The molecular formula is C23H22N4O3S2. The molecule has 1 saturated heterocycles. The van der Waals surface area contributed by atoms with Crippen molar-refractivity contribution in [3.8, 4) is 10.4 Å². The van der Waals surface area contributed by atoms with E-state index in [0.29, 0.717) is 23.3 Å². The Morgan fingerprint density at radius 3 is 2.97 bits per heavy atom. The number of pyridine rings is 1. The van der Waals surface area contributed by atoms with Gasteiger partial charge in [-0.1, -0.05) is 12.1 Å². The summed E-state index contributed by atoms with van der Waals surface area (Å²) < 4.78 is 7.18. The highest BCUT2D eigenvalue weighted by atomic mass is 32.1. The van der Waals surface area contributed by atoms with Gasteiger partial charge in [0.2, 0.25) is 5.91 Å². The Hall–Kier alpha value is -2.88. The van der Waals surface area contributed by atoms with E-state index in [2.05, 4.69) is 9.97 Å². The summed E-state index contributed by atoms with van der Waals surface area (Å²) in [6.45, 7) is 1.59. The molecule has 5 heterocycles. The van der Waals surface area contributed by atoms with Crippen molar-refractivity contribution in [2.45, 2.75) is 32.0 Å². The van der Waals surface area contributed by atoms with Gasteiger partial charge in [0.05, 0.1) is 17.8 Å². The van der Waals surface area contributed by atoms with Crippen molar-refractivity contribution in [2.24, 2.45) is 0 Å². The molecule has 0 saturated carbocycles. The Morgan fingerprint density at radius 2 is 2.22 bits per heavy atom. The van der Waals surface area contributed by atoms with Gasteiger partial charge in [-0.15, -0.1) is 22.7 Å². The monoisotopic (exact) mass is 466 g/mol. The number of nitrogens with zero attached hydrogens (tertiary/aromatic N) is 4. The molecule has 0 aromatic carbocycles. The van der Waals surface area contributed by atoms with Crippen LogP contribution in [-0.2, 0) is 22.6 Å². The Balaban J connectivity index is 1.42. The van der Waals surface area contributed by atoms with Gasteiger partial charge in [0, 0.05) is 47.9 Å². The van der Waals surface area contributed by atoms with E-state index >= 15 is 0 Å². The van der Waals surface area contributed by atoms with Gasteiger partial charge in [-0.25, -0.2) is 4.98 Å². The van der Waals surface area contributed by atoms with E-state index in [1.54, 1.807) is 28.6 Å². The maximum atomic E-state index is 13.3. The fraction of sp³-hybridized carbons (Fsp3) is 0.304. The number of ether oxygens (including phenoxy) is 1. The number of thiophene rings is 2. The Kier molecular flexibility index (Phi) is 6.11. The number of carbonyl (C=O) groups excluding carboxylic acids is 1. The summed E-state index contributed by atoms with van der Waals surface area (Å²) in [5.74, 6) is -0.138. The third kappa shape index (κ3) is 4.36. The van der Waals surface area contributed by atoms with Crippen LogP contribution >= 0.6 is 22.7 Å². The summed E-state index contributed by atoms with van der Waals surface area (Å²) in [7, 11) is 0. The third-order valence-electron chi connectivity index (χ3n) is 5.55. The van der Waals surface area contributed by atoms with E-state index in [1.165, 1.54) is 22.2 Å². The molecule has 0 spiro atoms. The average Bonchev–Trinajstić information content (AvgIpc) is 3.57. The number of hydrogen-bond acceptors (Lipinski definition) is 7. The standard InChI is InChI=1S/C23H22N4O3S2/c28-20(26(12-17-5-2-8-30-17)11-16-4-1-7-24-10-16)13-27-15-25-22-21(23(27)29)18(14-32-22)19-6-3-9-31-19/h1,3-4,6-7,9-10,14-15,17H,2,5,8,11-13H2. The first-order chi connectivity index (χ1) is 15.7. The van der Waals surface area contributed by atoms with Crippen LogP contribution in [0.2, 0.25) is 0 Å². The number of hydrogen-bond donors (Lipinski definition) is 0. The molecule has 1 atom stereocenters. The summed E-state index contributed by atoms with van der Waals surface area (Å²) in [4.78, 5) is 38.7. The van der Waals surface area contributed by atoms with Gasteiger partial charge in [0.1, 0.15) is 11.4 Å². The van der Waals surface area contributed by atoms with Gasteiger partial charge >= 0.3 is 0 Å². The normalized spacial score (nSPS) is 15.9. The van der Waals surface area contributed by atoms with Crippen molar-refractivity contribution in [1.82, 2.24) is 19.4 Å². The van der Waals surface area contributed by atoms with Gasteiger partial charge in [-0.3, -0.25) is 19.1 Å². The van der Waals surface area contributed by atoms with Crippen LogP contribution in [0.5, 0.6) is 0 Å². The van der Waals surface area contributed by atoms with Gasteiger partial charge in [-0.05, 0) is 35.9 Å². The van der Waals surface area contributed by atoms with Crippen molar-refractivity contribution in [2.75, 3.05) is 13.2 Å². The molecule has 164 valence electrons. The van der Waals surface area contributed by atoms with E-state index in [9.17, 15) is 9.59 Å². The van der Waals surface area contributed by atoms with Crippen molar-refractivity contribution in [1.29, 1.82) is 0 Å². The van der Waals surface area contributed by atoms with E-state index in [0.717, 1.165) is 35.5 Å². The summed E-state index contributed by atoms with van der Waals surface area (Å²) in [6, 6.07) is 7.75. The molecule has 1 unspecified atom stereocenters. The summed E-state index contributed by atoms with van der Waals surface area (Å²) >= 11 is 3.03. The van der Waals surface area contributed by atoms with Gasteiger partial charge < -0.3 is 9.64 Å². The molecule has 1 aliphatic rings. The molecule has 5 rings (SSSR count). The van der Waals surface area contributed by atoms with Crippen molar-refractivity contribution in [3.05, 3.63) is 69.7 Å². The SMILES string of the molecule is O=C(Cn1cnc2scc(-c3cccs3)c2c1=O)N(Cc1cccnc1)CC1CCCO1. The quantitative estimate of drug-likeness (QED) is 0.414. The second kappa shape index (κ2) is 9.32. The predicted octanol–water partition coefficient (Wildman–Crippen LogP) is 3.79. The van der Waals surface area contributed by atoms with E-state index in [1.807, 2.05) is 35.0 Å². The Labute approximate surface area is 192 Å². The fourth-order valence-electron chi connectivity index (χ4n) is 3.94. The second-order valence-electron chi connectivity index (χ2n) is 7.76. The van der Waals surface area contributed by atoms with Crippen molar-refractivity contribution in [3.63, 3.8) is 0 Å². The lowest BCUT2D eigenvalue weighted by Crippen LogP contribution is -2.40. The molecule has 0 aliphatic carbocycles. The molecule has 1 fully saturated rings. The molecule has 1 aliphatic heterocycles. The molecule has 7 nitrogen and oxygen atoms in total. The zero-order valence-electron chi connectivity index (χ0n) is 17.3. The maximum Gasteiger partial charge on any atom is 0.263 e. The van der Waals surface area contributed by atoms with Crippen LogP contribution < -0.4 is 5.56 Å². The molecule has 4 aromatic rings. The number of rotatable bonds is 7. The van der Waals surface area contributed by atoms with Crippen LogP contribution in [0.1, 0.15) is 18.4 Å². The smallest absolute Gasteiger partial charge is 0.263 e. The second-order valence-corrected chi connectivity index (χ2v) is 9.56. The summed E-state index contributed by atoms with van der Waals surface area (Å²) in [5.41, 5.74) is 1.63. The summed E-state index contributed by atoms with van der Waals surface area (Å²) in [5, 5.41) is 4.52. The molecule has 0 bridgehead atoms. The van der Waals surface area contributed by atoms with Crippen LogP contribution in [0.3, 0.4) is 0 Å². The van der Waals surface area contributed by atoms with Gasteiger partial charge in [0.25, 0.3) is 5.56 Å². The van der Waals surface area contributed by atoms with Gasteiger partial charge in [-0.2, -0.15) is 0 Å². The van der Waals surface area contributed by atoms with Crippen LogP contribution in [0, 0.1) is 0 Å². The molecule has 1 amide bonds. The van der Waals surface area contributed by atoms with Crippen LogP contribution in [0.25, 0.3) is 20.7 Å². The zero-order valence-corrected chi connectivity index (χ0v) is 19.0. The van der Waals surface area contributed by atoms with E-state index in [4.69, 9.17) is 4.74 Å². The highest BCUT2D eigenvalue weighted by Crippen LogP contribution is 2.33. The maximum absolute atomic E-state index is 13.3. The van der Waals surface area contributed by atoms with Crippen LogP contribution in [0.4, 0.5) is 0 Å². The van der Waals surface area contributed by atoms with Crippen molar-refractivity contribution >= 4 is 38.8 Å². The van der Waals surface area contributed by atoms with Crippen molar-refractivity contribution < 1.29 is 9.53 Å². The Bertz CT molecular complexity index is 1260. The molecule has 32 heavy (non-hydrogen) atoms. The number of carbonyl (C=O) groups is 1. The van der Waals surface area contributed by atoms with Crippen LogP contribution in [0.15, 0.2) is 58.5 Å². The number of fused-ring (bicyclic) bond motifs is 1. The molecule has 0 N–H and O–H groups in total. The molecule has 4 aromatic heterocycles. The minimum absolute atomic E-state index is 0.0234. The zero-order chi connectivity index (χ0) is 21.9. The fourth-order valence-corrected chi connectivity index (χ4v) is 5.66. The summed E-state index contributed by atoms with van der Waals surface area (Å²) in [6.07, 6.45) is 6.91. The van der Waals surface area contributed by atoms with E-state index < -0.39 is 0 Å². The number of amides is 1. The molecular weight excluding hydrogens is 444 g/mol. The third-order valence-corrected chi connectivity index (χ3v) is 7.34. The minimum Gasteiger partial charge on any atom is -0.376 e. The first kappa shape index (κ1) is 21.0. The highest BCUT2D eigenvalue weighted by molar-refractivity contribution is 7.18. The number of aromatic nitrogens is 3. The molecule has 9 heteroatoms. The highest BCUT2D eigenvalue weighted by Gasteiger charge is 2.24. The average molecular weight is 467 g/mol. The lowest BCUT2D eigenvalue weighted by Gasteiger charge is -2.26. The van der Waals surface area contributed by atoms with Gasteiger partial charge in [0.15, 0.2) is 0 Å². The Morgan fingerprint density at radius 1 is 1.28 bits per heavy atom. The van der Waals surface area contributed by atoms with Crippen LogP contribution in [-0.4, -0.2) is 44.6 Å². The topological polar surface area (TPSA) is 77.3 Å². The van der Waals surface area contributed by atoms with E-state index in [-0.39, 0.29) is 24.1 Å². The predicted molar refractivity (Wildman–Crippen MR) is 126 cm³/mol. The first-order valence-corrected chi connectivity index (χ1v) is 12.2. The largest absolute Gasteiger partial charge is 0.376 e. The first-order valence-electron chi connectivity index (χ1n) is 10.5. The molecule has 0 radical (unpaired) electrons.